The standard InChI is InChI=1S/C18H22F3NO3/c1-5-12-8-13(10-15(9-12)24-18(19,20)21)11-22(14-6-7-14)16(23)25-17(2,3)4/h5,8-10,14H,1,6-7,11H2,2-4H3. The summed E-state index contributed by atoms with van der Waals surface area (Å²) in [5.74, 6) is -0.333. The third-order valence-electron chi connectivity index (χ3n) is 3.43. The van der Waals surface area contributed by atoms with Crippen LogP contribution in [0.3, 0.4) is 0 Å². The van der Waals surface area contributed by atoms with Crippen LogP contribution in [-0.4, -0.2) is 29.0 Å². The number of carbonyl (C=O) groups is 1. The monoisotopic (exact) mass is 357 g/mol. The van der Waals surface area contributed by atoms with E-state index in [4.69, 9.17) is 4.74 Å². The van der Waals surface area contributed by atoms with Crippen LogP contribution in [0.1, 0.15) is 44.7 Å². The molecule has 1 aromatic rings. The number of amides is 1. The summed E-state index contributed by atoms with van der Waals surface area (Å²) in [6.45, 7) is 9.03. The van der Waals surface area contributed by atoms with Gasteiger partial charge in [0.15, 0.2) is 0 Å². The Balaban J connectivity index is 2.22. The Bertz CT molecular complexity index is 646. The Morgan fingerprint density at radius 2 is 1.92 bits per heavy atom. The Morgan fingerprint density at radius 3 is 2.40 bits per heavy atom. The summed E-state index contributed by atoms with van der Waals surface area (Å²) in [6, 6.07) is 4.25. The number of rotatable bonds is 5. The minimum Gasteiger partial charge on any atom is -0.444 e. The summed E-state index contributed by atoms with van der Waals surface area (Å²) in [5, 5.41) is 0. The molecule has 0 spiro atoms. The highest BCUT2D eigenvalue weighted by molar-refractivity contribution is 5.69. The first-order valence-corrected chi connectivity index (χ1v) is 7.98. The number of hydrogen-bond acceptors (Lipinski definition) is 3. The molecule has 4 nitrogen and oxygen atoms in total. The van der Waals surface area contributed by atoms with Gasteiger partial charge in [-0.15, -0.1) is 13.2 Å². The van der Waals surface area contributed by atoms with Crippen LogP contribution >= 0.6 is 0 Å². The van der Waals surface area contributed by atoms with Crippen LogP contribution in [0.4, 0.5) is 18.0 Å². The molecule has 2 rings (SSSR count). The van der Waals surface area contributed by atoms with Crippen molar-refractivity contribution in [1.29, 1.82) is 0 Å². The molecule has 1 aliphatic rings. The number of hydrogen-bond donors (Lipinski definition) is 0. The molecule has 1 saturated carbocycles. The molecule has 0 radical (unpaired) electrons. The first-order valence-electron chi connectivity index (χ1n) is 7.98. The van der Waals surface area contributed by atoms with E-state index in [-0.39, 0.29) is 18.3 Å². The van der Waals surface area contributed by atoms with Gasteiger partial charge in [0.1, 0.15) is 11.4 Å². The van der Waals surface area contributed by atoms with Crippen molar-refractivity contribution in [2.75, 3.05) is 0 Å². The second-order valence-corrected chi connectivity index (χ2v) is 7.00. The average molecular weight is 357 g/mol. The highest BCUT2D eigenvalue weighted by Crippen LogP contribution is 2.32. The van der Waals surface area contributed by atoms with E-state index in [2.05, 4.69) is 11.3 Å². The van der Waals surface area contributed by atoms with Crippen LogP contribution in [0, 0.1) is 0 Å². The fraction of sp³-hybridized carbons (Fsp3) is 0.500. The molecule has 0 unspecified atom stereocenters. The molecule has 0 saturated heterocycles. The van der Waals surface area contributed by atoms with Crippen LogP contribution in [-0.2, 0) is 11.3 Å². The van der Waals surface area contributed by atoms with Crippen LogP contribution in [0.25, 0.3) is 6.08 Å². The molecule has 1 amide bonds. The van der Waals surface area contributed by atoms with Crippen LogP contribution in [0.5, 0.6) is 5.75 Å². The molecule has 1 aliphatic carbocycles. The van der Waals surface area contributed by atoms with E-state index in [0.717, 1.165) is 12.8 Å². The number of nitrogens with zero attached hydrogens (tertiary/aromatic N) is 1. The number of carbonyl (C=O) groups excluding carboxylic acids is 1. The average Bonchev–Trinajstić information content (AvgIpc) is 3.25. The van der Waals surface area contributed by atoms with Gasteiger partial charge in [0.25, 0.3) is 0 Å². The predicted molar refractivity (Wildman–Crippen MR) is 88.0 cm³/mol. The maximum atomic E-state index is 12.5. The summed E-state index contributed by atoms with van der Waals surface area (Å²) in [6.07, 6.45) is -2.11. The van der Waals surface area contributed by atoms with Crippen LogP contribution < -0.4 is 4.74 Å². The third-order valence-corrected chi connectivity index (χ3v) is 3.43. The molecule has 1 aromatic carbocycles. The Morgan fingerprint density at radius 1 is 1.28 bits per heavy atom. The molecular weight excluding hydrogens is 335 g/mol. The second-order valence-electron chi connectivity index (χ2n) is 7.00. The minimum absolute atomic E-state index is 0.0502. The SMILES string of the molecule is C=Cc1cc(CN(C(=O)OC(C)(C)C)C2CC2)cc(OC(F)(F)F)c1. The van der Waals surface area contributed by atoms with Gasteiger partial charge in [-0.25, -0.2) is 4.79 Å². The molecule has 0 aliphatic heterocycles. The van der Waals surface area contributed by atoms with Gasteiger partial charge >= 0.3 is 12.5 Å². The molecule has 7 heteroatoms. The molecule has 0 aromatic heterocycles. The summed E-state index contributed by atoms with van der Waals surface area (Å²) >= 11 is 0. The van der Waals surface area contributed by atoms with Crippen molar-refractivity contribution >= 4 is 12.2 Å². The summed E-state index contributed by atoms with van der Waals surface area (Å²) in [5.41, 5.74) is 0.365. The highest BCUT2D eigenvalue weighted by Gasteiger charge is 2.36. The lowest BCUT2D eigenvalue weighted by molar-refractivity contribution is -0.274. The summed E-state index contributed by atoms with van der Waals surface area (Å²) in [4.78, 5) is 13.9. The molecule has 0 atom stereocenters. The Kier molecular flexibility index (Phi) is 5.34. The maximum absolute atomic E-state index is 12.5. The van der Waals surface area contributed by atoms with Gasteiger partial charge in [-0.2, -0.15) is 0 Å². The normalized spacial score (nSPS) is 14.8. The van der Waals surface area contributed by atoms with E-state index in [0.29, 0.717) is 11.1 Å². The molecule has 25 heavy (non-hydrogen) atoms. The number of halogens is 3. The van der Waals surface area contributed by atoms with E-state index in [1.807, 2.05) is 0 Å². The predicted octanol–water partition coefficient (Wildman–Crippen LogP) is 5.13. The fourth-order valence-corrected chi connectivity index (χ4v) is 2.33. The number of ether oxygens (including phenoxy) is 2. The van der Waals surface area contributed by atoms with Gasteiger partial charge < -0.3 is 14.4 Å². The number of benzene rings is 1. The zero-order valence-corrected chi connectivity index (χ0v) is 14.5. The minimum atomic E-state index is -4.78. The zero-order chi connectivity index (χ0) is 18.8. The van der Waals surface area contributed by atoms with Crippen molar-refractivity contribution < 1.29 is 27.4 Å². The fourth-order valence-electron chi connectivity index (χ4n) is 2.33. The zero-order valence-electron chi connectivity index (χ0n) is 14.5. The molecular formula is C18H22F3NO3. The van der Waals surface area contributed by atoms with Gasteiger partial charge in [-0.3, -0.25) is 0 Å². The summed E-state index contributed by atoms with van der Waals surface area (Å²) in [7, 11) is 0. The molecule has 0 heterocycles. The van der Waals surface area contributed by atoms with Crippen LogP contribution in [0.15, 0.2) is 24.8 Å². The van der Waals surface area contributed by atoms with Gasteiger partial charge in [-0.05, 0) is 62.9 Å². The van der Waals surface area contributed by atoms with Crippen molar-refractivity contribution in [2.45, 2.75) is 58.2 Å². The lowest BCUT2D eigenvalue weighted by Crippen LogP contribution is -2.37. The van der Waals surface area contributed by atoms with Crippen LogP contribution in [0.2, 0.25) is 0 Å². The maximum Gasteiger partial charge on any atom is 0.573 e. The molecule has 0 N–H and O–H groups in total. The van der Waals surface area contributed by atoms with Gasteiger partial charge in [-0.1, -0.05) is 12.7 Å². The van der Waals surface area contributed by atoms with Gasteiger partial charge in [0.2, 0.25) is 0 Å². The Labute approximate surface area is 145 Å². The van der Waals surface area contributed by atoms with Crippen molar-refractivity contribution in [1.82, 2.24) is 4.90 Å². The van der Waals surface area contributed by atoms with E-state index in [1.165, 1.54) is 18.2 Å². The van der Waals surface area contributed by atoms with Crippen molar-refractivity contribution in [2.24, 2.45) is 0 Å². The lowest BCUT2D eigenvalue weighted by Gasteiger charge is -2.27. The first-order chi connectivity index (χ1) is 11.5. The quantitative estimate of drug-likeness (QED) is 0.733. The molecule has 1 fully saturated rings. The second kappa shape index (κ2) is 6.98. The molecule has 0 bridgehead atoms. The Hall–Kier alpha value is -2.18. The highest BCUT2D eigenvalue weighted by atomic mass is 19.4. The lowest BCUT2D eigenvalue weighted by atomic mass is 10.1. The third kappa shape index (κ3) is 6.32. The van der Waals surface area contributed by atoms with E-state index in [1.54, 1.807) is 31.7 Å². The summed E-state index contributed by atoms with van der Waals surface area (Å²) < 4.78 is 46.9. The largest absolute Gasteiger partial charge is 0.573 e. The van der Waals surface area contributed by atoms with E-state index < -0.39 is 18.1 Å². The van der Waals surface area contributed by atoms with Gasteiger partial charge in [0.05, 0.1) is 0 Å². The van der Waals surface area contributed by atoms with Crippen molar-refractivity contribution in [3.8, 4) is 5.75 Å². The van der Waals surface area contributed by atoms with Crippen molar-refractivity contribution in [3.05, 3.63) is 35.9 Å². The first kappa shape index (κ1) is 19.1. The molecule has 138 valence electrons. The van der Waals surface area contributed by atoms with E-state index in [9.17, 15) is 18.0 Å². The van der Waals surface area contributed by atoms with E-state index >= 15 is 0 Å². The smallest absolute Gasteiger partial charge is 0.444 e. The topological polar surface area (TPSA) is 38.8 Å². The number of alkyl halides is 3. The van der Waals surface area contributed by atoms with Crippen molar-refractivity contribution in [3.63, 3.8) is 0 Å². The van der Waals surface area contributed by atoms with Gasteiger partial charge in [0, 0.05) is 12.6 Å².